The summed E-state index contributed by atoms with van der Waals surface area (Å²) >= 11 is 3.47. The summed E-state index contributed by atoms with van der Waals surface area (Å²) in [6, 6.07) is 5.86. The first kappa shape index (κ1) is 14.8. The molecule has 1 heterocycles. The second-order valence-corrected chi connectivity index (χ2v) is 6.38. The highest BCUT2D eigenvalue weighted by molar-refractivity contribution is 9.10. The van der Waals surface area contributed by atoms with Crippen LogP contribution in [-0.2, 0) is 12.1 Å². The number of benzene rings is 1. The highest BCUT2D eigenvalue weighted by Crippen LogP contribution is 2.27. The van der Waals surface area contributed by atoms with Crippen molar-refractivity contribution in [1.82, 2.24) is 15.0 Å². The molecule has 1 aromatic carbocycles. The smallest absolute Gasteiger partial charge is 0.133 e. The zero-order valence-corrected chi connectivity index (χ0v) is 13.7. The third-order valence-corrected chi connectivity index (χ3v) is 3.47. The molecule has 0 bridgehead atoms. The number of rotatable bonds is 4. The fourth-order valence-electron chi connectivity index (χ4n) is 1.68. The molecule has 0 radical (unpaired) electrons. The van der Waals surface area contributed by atoms with Gasteiger partial charge in [-0.25, -0.2) is 4.68 Å². The standard InChI is InChI=1S/C14H19BrN4O/c1-14(2,3)19-9-11(17-18-19)8-16-10-5-6-13(20-4)12(15)7-10/h5-7,9,16H,8H2,1-4H3. The van der Waals surface area contributed by atoms with Crippen molar-refractivity contribution < 1.29 is 4.74 Å². The molecule has 20 heavy (non-hydrogen) atoms. The Balaban J connectivity index is 2.02. The molecule has 108 valence electrons. The number of anilines is 1. The van der Waals surface area contributed by atoms with Gasteiger partial charge in [-0.1, -0.05) is 5.21 Å². The maximum Gasteiger partial charge on any atom is 0.133 e. The molecule has 0 unspecified atom stereocenters. The van der Waals surface area contributed by atoms with Crippen molar-refractivity contribution in [2.75, 3.05) is 12.4 Å². The van der Waals surface area contributed by atoms with Crippen LogP contribution in [0.2, 0.25) is 0 Å². The first-order valence-electron chi connectivity index (χ1n) is 6.39. The van der Waals surface area contributed by atoms with E-state index in [-0.39, 0.29) is 5.54 Å². The van der Waals surface area contributed by atoms with Gasteiger partial charge in [0.2, 0.25) is 0 Å². The summed E-state index contributed by atoms with van der Waals surface area (Å²) in [5.41, 5.74) is 1.86. The van der Waals surface area contributed by atoms with Crippen LogP contribution in [0.4, 0.5) is 5.69 Å². The van der Waals surface area contributed by atoms with Crippen LogP contribution in [-0.4, -0.2) is 22.1 Å². The topological polar surface area (TPSA) is 52.0 Å². The molecule has 0 saturated carbocycles. The summed E-state index contributed by atoms with van der Waals surface area (Å²) in [6.45, 7) is 6.92. The van der Waals surface area contributed by atoms with Gasteiger partial charge in [0.1, 0.15) is 11.4 Å². The monoisotopic (exact) mass is 338 g/mol. The van der Waals surface area contributed by atoms with Crippen LogP contribution in [0.25, 0.3) is 0 Å². The lowest BCUT2D eigenvalue weighted by atomic mass is 10.1. The highest BCUT2D eigenvalue weighted by atomic mass is 79.9. The van der Waals surface area contributed by atoms with E-state index in [1.54, 1.807) is 7.11 Å². The van der Waals surface area contributed by atoms with Gasteiger partial charge in [-0.15, -0.1) is 5.10 Å². The molecule has 0 saturated heterocycles. The van der Waals surface area contributed by atoms with Gasteiger partial charge >= 0.3 is 0 Å². The molecule has 0 spiro atoms. The zero-order chi connectivity index (χ0) is 14.8. The van der Waals surface area contributed by atoms with Crippen molar-refractivity contribution in [1.29, 1.82) is 0 Å². The molecular formula is C14H19BrN4O. The van der Waals surface area contributed by atoms with Crippen molar-refractivity contribution in [2.24, 2.45) is 0 Å². The number of nitrogens with zero attached hydrogens (tertiary/aromatic N) is 3. The molecular weight excluding hydrogens is 320 g/mol. The third kappa shape index (κ3) is 3.50. The van der Waals surface area contributed by atoms with E-state index in [1.165, 1.54) is 0 Å². The van der Waals surface area contributed by atoms with Crippen molar-refractivity contribution in [3.05, 3.63) is 34.6 Å². The van der Waals surface area contributed by atoms with Gasteiger partial charge in [0, 0.05) is 5.69 Å². The van der Waals surface area contributed by atoms with Crippen LogP contribution < -0.4 is 10.1 Å². The molecule has 0 aliphatic heterocycles. The molecule has 2 aromatic rings. The number of halogens is 1. The first-order chi connectivity index (χ1) is 9.40. The van der Waals surface area contributed by atoms with Gasteiger partial charge in [-0.05, 0) is 54.9 Å². The minimum Gasteiger partial charge on any atom is -0.496 e. The Morgan fingerprint density at radius 1 is 1.35 bits per heavy atom. The predicted molar refractivity (Wildman–Crippen MR) is 83.0 cm³/mol. The number of nitrogens with one attached hydrogen (secondary N) is 1. The summed E-state index contributed by atoms with van der Waals surface area (Å²) < 4.78 is 7.99. The van der Waals surface area contributed by atoms with E-state index < -0.39 is 0 Å². The predicted octanol–water partition coefficient (Wildman–Crippen LogP) is 3.42. The Morgan fingerprint density at radius 2 is 2.10 bits per heavy atom. The molecule has 0 amide bonds. The minimum absolute atomic E-state index is 0.0472. The third-order valence-electron chi connectivity index (χ3n) is 2.85. The van der Waals surface area contributed by atoms with Crippen molar-refractivity contribution in [3.8, 4) is 5.75 Å². The summed E-state index contributed by atoms with van der Waals surface area (Å²) in [5, 5.41) is 11.6. The number of ether oxygens (including phenoxy) is 1. The molecule has 2 rings (SSSR count). The van der Waals surface area contributed by atoms with Gasteiger partial charge < -0.3 is 10.1 Å². The van der Waals surface area contributed by atoms with Crippen LogP contribution in [0.1, 0.15) is 26.5 Å². The fourth-order valence-corrected chi connectivity index (χ4v) is 2.22. The maximum atomic E-state index is 5.20. The van der Waals surface area contributed by atoms with E-state index in [9.17, 15) is 0 Å². The molecule has 1 aromatic heterocycles. The van der Waals surface area contributed by atoms with Gasteiger partial charge in [-0.3, -0.25) is 0 Å². The quantitative estimate of drug-likeness (QED) is 0.927. The minimum atomic E-state index is -0.0472. The van der Waals surface area contributed by atoms with Crippen molar-refractivity contribution in [3.63, 3.8) is 0 Å². The van der Waals surface area contributed by atoms with E-state index in [0.29, 0.717) is 6.54 Å². The van der Waals surface area contributed by atoms with Crippen LogP contribution in [0.3, 0.4) is 0 Å². The Bertz CT molecular complexity index is 589. The van der Waals surface area contributed by atoms with Crippen LogP contribution in [0, 0.1) is 0 Å². The van der Waals surface area contributed by atoms with E-state index in [1.807, 2.05) is 29.1 Å². The number of hydrogen-bond donors (Lipinski definition) is 1. The number of hydrogen-bond acceptors (Lipinski definition) is 4. The molecule has 0 aliphatic rings. The largest absolute Gasteiger partial charge is 0.496 e. The highest BCUT2D eigenvalue weighted by Gasteiger charge is 2.14. The summed E-state index contributed by atoms with van der Waals surface area (Å²) in [4.78, 5) is 0. The lowest BCUT2D eigenvalue weighted by Crippen LogP contribution is -2.22. The summed E-state index contributed by atoms with van der Waals surface area (Å²) in [7, 11) is 1.65. The van der Waals surface area contributed by atoms with Gasteiger partial charge in [0.25, 0.3) is 0 Å². The molecule has 1 N–H and O–H groups in total. The Kier molecular flexibility index (Phi) is 4.32. The summed E-state index contributed by atoms with van der Waals surface area (Å²) in [5.74, 6) is 0.814. The van der Waals surface area contributed by atoms with Crippen LogP contribution in [0.15, 0.2) is 28.9 Å². The Morgan fingerprint density at radius 3 is 2.65 bits per heavy atom. The molecule has 0 aliphatic carbocycles. The second-order valence-electron chi connectivity index (χ2n) is 5.53. The Hall–Kier alpha value is -1.56. The van der Waals surface area contributed by atoms with Gasteiger partial charge in [-0.2, -0.15) is 0 Å². The van der Waals surface area contributed by atoms with E-state index in [4.69, 9.17) is 4.74 Å². The second kappa shape index (κ2) is 5.83. The lowest BCUT2D eigenvalue weighted by molar-refractivity contribution is 0.347. The average Bonchev–Trinajstić information content (AvgIpc) is 2.85. The normalized spacial score (nSPS) is 11.4. The van der Waals surface area contributed by atoms with Crippen LogP contribution in [0.5, 0.6) is 5.75 Å². The average molecular weight is 339 g/mol. The SMILES string of the molecule is COc1ccc(NCc2cn(C(C)(C)C)nn2)cc1Br. The van der Waals surface area contributed by atoms with Gasteiger partial charge in [0.15, 0.2) is 0 Å². The van der Waals surface area contributed by atoms with Crippen molar-refractivity contribution in [2.45, 2.75) is 32.9 Å². The first-order valence-corrected chi connectivity index (χ1v) is 7.18. The molecule has 0 fully saturated rings. The molecule has 6 heteroatoms. The van der Waals surface area contributed by atoms with Crippen molar-refractivity contribution >= 4 is 21.6 Å². The summed E-state index contributed by atoms with van der Waals surface area (Å²) in [6.07, 6.45) is 1.96. The number of aromatic nitrogens is 3. The lowest BCUT2D eigenvalue weighted by Gasteiger charge is -2.17. The zero-order valence-electron chi connectivity index (χ0n) is 12.1. The molecule has 0 atom stereocenters. The van der Waals surface area contributed by atoms with E-state index in [0.717, 1.165) is 21.6 Å². The molecule has 5 nitrogen and oxygen atoms in total. The fraction of sp³-hybridized carbons (Fsp3) is 0.429. The maximum absolute atomic E-state index is 5.20. The Labute approximate surface area is 127 Å². The van der Waals surface area contributed by atoms with E-state index in [2.05, 4.69) is 52.3 Å². The van der Waals surface area contributed by atoms with Crippen LogP contribution >= 0.6 is 15.9 Å². The van der Waals surface area contributed by atoms with E-state index >= 15 is 0 Å². The number of methoxy groups -OCH3 is 1. The van der Waals surface area contributed by atoms with Gasteiger partial charge in [0.05, 0.1) is 29.9 Å².